The summed E-state index contributed by atoms with van der Waals surface area (Å²) in [5.74, 6) is 1.36. The van der Waals surface area contributed by atoms with Crippen LogP contribution >= 0.6 is 0 Å². The van der Waals surface area contributed by atoms with Crippen LogP contribution in [0.15, 0.2) is 39.9 Å². The van der Waals surface area contributed by atoms with Crippen molar-refractivity contribution in [2.75, 3.05) is 14.1 Å². The van der Waals surface area contributed by atoms with Crippen molar-refractivity contribution in [2.24, 2.45) is 4.99 Å². The maximum absolute atomic E-state index is 5.48. The standard InChI is InChI=1S/C14H18N4O/c1-10-4-6-11(7-5-10)13-18-12(9-19-13)8-17-14(15-2)16-3/h4-7,9H,8H2,1-3H3,(H2,15,16,17). The molecule has 2 N–H and O–H groups in total. The first-order valence-electron chi connectivity index (χ1n) is 6.13. The molecule has 0 saturated heterocycles. The Balaban J connectivity index is 2.05. The van der Waals surface area contributed by atoms with Crippen molar-refractivity contribution in [1.29, 1.82) is 0 Å². The second kappa shape index (κ2) is 6.04. The molecule has 19 heavy (non-hydrogen) atoms. The number of aryl methyl sites for hydroxylation is 1. The lowest BCUT2D eigenvalue weighted by Gasteiger charge is -2.05. The monoisotopic (exact) mass is 258 g/mol. The fourth-order valence-corrected chi connectivity index (χ4v) is 1.67. The summed E-state index contributed by atoms with van der Waals surface area (Å²) in [6.07, 6.45) is 1.66. The molecule has 0 aliphatic carbocycles. The first kappa shape index (κ1) is 13.1. The number of aliphatic imine (C=N–C) groups is 1. The van der Waals surface area contributed by atoms with Crippen molar-refractivity contribution in [3.8, 4) is 11.5 Å². The summed E-state index contributed by atoms with van der Waals surface area (Å²) in [4.78, 5) is 8.47. The Morgan fingerprint density at radius 2 is 2.05 bits per heavy atom. The smallest absolute Gasteiger partial charge is 0.226 e. The Bertz CT molecular complexity index is 557. The van der Waals surface area contributed by atoms with Crippen LogP contribution < -0.4 is 10.6 Å². The second-order valence-electron chi connectivity index (χ2n) is 4.19. The molecular weight excluding hydrogens is 240 g/mol. The van der Waals surface area contributed by atoms with Gasteiger partial charge >= 0.3 is 0 Å². The van der Waals surface area contributed by atoms with Crippen LogP contribution in [0.2, 0.25) is 0 Å². The summed E-state index contributed by atoms with van der Waals surface area (Å²) in [5, 5.41) is 6.07. The Kier molecular flexibility index (Phi) is 4.18. The molecule has 1 aromatic heterocycles. The van der Waals surface area contributed by atoms with E-state index in [0.717, 1.165) is 17.2 Å². The van der Waals surface area contributed by atoms with Crippen LogP contribution in [0.3, 0.4) is 0 Å². The lowest BCUT2D eigenvalue weighted by atomic mass is 10.1. The van der Waals surface area contributed by atoms with Crippen LogP contribution in [-0.4, -0.2) is 25.0 Å². The predicted molar refractivity (Wildman–Crippen MR) is 75.9 cm³/mol. The summed E-state index contributed by atoms with van der Waals surface area (Å²) >= 11 is 0. The quantitative estimate of drug-likeness (QED) is 0.652. The van der Waals surface area contributed by atoms with Gasteiger partial charge in [0.1, 0.15) is 6.26 Å². The lowest BCUT2D eigenvalue weighted by Crippen LogP contribution is -2.34. The fourth-order valence-electron chi connectivity index (χ4n) is 1.67. The maximum atomic E-state index is 5.48. The van der Waals surface area contributed by atoms with E-state index in [2.05, 4.69) is 27.5 Å². The number of oxazole rings is 1. The van der Waals surface area contributed by atoms with Crippen LogP contribution in [0.25, 0.3) is 11.5 Å². The average molecular weight is 258 g/mol. The maximum Gasteiger partial charge on any atom is 0.226 e. The topological polar surface area (TPSA) is 62.5 Å². The van der Waals surface area contributed by atoms with Gasteiger partial charge in [0.25, 0.3) is 0 Å². The molecule has 0 amide bonds. The highest BCUT2D eigenvalue weighted by atomic mass is 16.3. The summed E-state index contributed by atoms with van der Waals surface area (Å²) in [5.41, 5.74) is 3.04. The summed E-state index contributed by atoms with van der Waals surface area (Å²) < 4.78 is 5.48. The van der Waals surface area contributed by atoms with E-state index in [4.69, 9.17) is 4.42 Å². The highest BCUT2D eigenvalue weighted by Gasteiger charge is 2.06. The minimum Gasteiger partial charge on any atom is -0.444 e. The van der Waals surface area contributed by atoms with Crippen molar-refractivity contribution >= 4 is 5.96 Å². The van der Waals surface area contributed by atoms with Gasteiger partial charge in [-0.1, -0.05) is 17.7 Å². The van der Waals surface area contributed by atoms with Gasteiger partial charge in [-0.3, -0.25) is 4.99 Å². The van der Waals surface area contributed by atoms with E-state index in [1.807, 2.05) is 31.3 Å². The molecular formula is C14H18N4O. The third-order valence-corrected chi connectivity index (χ3v) is 2.75. The predicted octanol–water partition coefficient (Wildman–Crippen LogP) is 1.94. The van der Waals surface area contributed by atoms with E-state index in [1.165, 1.54) is 5.56 Å². The van der Waals surface area contributed by atoms with E-state index >= 15 is 0 Å². The van der Waals surface area contributed by atoms with E-state index in [0.29, 0.717) is 12.4 Å². The highest BCUT2D eigenvalue weighted by Crippen LogP contribution is 2.18. The largest absolute Gasteiger partial charge is 0.444 e. The Morgan fingerprint density at radius 3 is 2.68 bits per heavy atom. The van der Waals surface area contributed by atoms with Gasteiger partial charge in [0.05, 0.1) is 12.2 Å². The number of nitrogens with zero attached hydrogens (tertiary/aromatic N) is 2. The molecule has 100 valence electrons. The fraction of sp³-hybridized carbons (Fsp3) is 0.286. The van der Waals surface area contributed by atoms with Gasteiger partial charge in [0, 0.05) is 19.7 Å². The zero-order valence-corrected chi connectivity index (χ0v) is 11.4. The molecule has 0 bridgehead atoms. The first-order chi connectivity index (χ1) is 9.22. The number of hydrogen-bond donors (Lipinski definition) is 2. The molecule has 2 rings (SSSR count). The number of hydrogen-bond acceptors (Lipinski definition) is 3. The SMILES string of the molecule is CN=C(NC)NCc1coc(-c2ccc(C)cc2)n1. The van der Waals surface area contributed by atoms with Crippen molar-refractivity contribution in [1.82, 2.24) is 15.6 Å². The molecule has 5 nitrogen and oxygen atoms in total. The van der Waals surface area contributed by atoms with Crippen LogP contribution in [0.5, 0.6) is 0 Å². The van der Waals surface area contributed by atoms with Gasteiger partial charge in [-0.15, -0.1) is 0 Å². The molecule has 2 aromatic rings. The van der Waals surface area contributed by atoms with Gasteiger partial charge < -0.3 is 15.1 Å². The molecule has 1 heterocycles. The van der Waals surface area contributed by atoms with E-state index < -0.39 is 0 Å². The molecule has 0 radical (unpaired) electrons. The third-order valence-electron chi connectivity index (χ3n) is 2.75. The Hall–Kier alpha value is -2.30. The van der Waals surface area contributed by atoms with Crippen molar-refractivity contribution < 1.29 is 4.42 Å². The average Bonchev–Trinajstić information content (AvgIpc) is 2.89. The minimum absolute atomic E-state index is 0.572. The molecule has 0 atom stereocenters. The Labute approximate surface area is 112 Å². The van der Waals surface area contributed by atoms with E-state index in [1.54, 1.807) is 13.3 Å². The number of nitrogens with one attached hydrogen (secondary N) is 2. The minimum atomic E-state index is 0.572. The lowest BCUT2D eigenvalue weighted by molar-refractivity contribution is 0.572. The van der Waals surface area contributed by atoms with Gasteiger partial charge in [-0.05, 0) is 19.1 Å². The molecule has 0 unspecified atom stereocenters. The third kappa shape index (κ3) is 3.34. The number of rotatable bonds is 3. The van der Waals surface area contributed by atoms with Crippen molar-refractivity contribution in [3.05, 3.63) is 41.8 Å². The van der Waals surface area contributed by atoms with Crippen LogP contribution in [0.1, 0.15) is 11.3 Å². The first-order valence-corrected chi connectivity index (χ1v) is 6.13. The zero-order chi connectivity index (χ0) is 13.7. The van der Waals surface area contributed by atoms with Gasteiger partial charge in [0.2, 0.25) is 5.89 Å². The highest BCUT2D eigenvalue weighted by molar-refractivity contribution is 5.79. The Morgan fingerprint density at radius 1 is 1.32 bits per heavy atom. The summed E-state index contributed by atoms with van der Waals surface area (Å²) in [6.45, 7) is 2.63. The van der Waals surface area contributed by atoms with E-state index in [9.17, 15) is 0 Å². The molecule has 1 aromatic carbocycles. The van der Waals surface area contributed by atoms with Gasteiger partial charge in [-0.2, -0.15) is 0 Å². The molecule has 5 heteroatoms. The summed E-state index contributed by atoms with van der Waals surface area (Å²) in [6, 6.07) is 8.09. The molecule has 0 fully saturated rings. The zero-order valence-electron chi connectivity index (χ0n) is 11.4. The normalized spacial score (nSPS) is 11.4. The molecule has 0 saturated carbocycles. The molecule has 0 spiro atoms. The summed E-state index contributed by atoms with van der Waals surface area (Å²) in [7, 11) is 3.54. The van der Waals surface area contributed by atoms with Crippen LogP contribution in [0, 0.1) is 6.92 Å². The molecule has 0 aliphatic rings. The van der Waals surface area contributed by atoms with Crippen LogP contribution in [0.4, 0.5) is 0 Å². The number of aromatic nitrogens is 1. The molecule has 0 aliphatic heterocycles. The number of guanidine groups is 1. The number of benzene rings is 1. The van der Waals surface area contributed by atoms with E-state index in [-0.39, 0.29) is 0 Å². The van der Waals surface area contributed by atoms with Crippen molar-refractivity contribution in [2.45, 2.75) is 13.5 Å². The van der Waals surface area contributed by atoms with Crippen molar-refractivity contribution in [3.63, 3.8) is 0 Å². The second-order valence-corrected chi connectivity index (χ2v) is 4.19. The van der Waals surface area contributed by atoms with Crippen LogP contribution in [-0.2, 0) is 6.54 Å². The van der Waals surface area contributed by atoms with Gasteiger partial charge in [-0.25, -0.2) is 4.98 Å². The van der Waals surface area contributed by atoms with Gasteiger partial charge in [0.15, 0.2) is 5.96 Å².